The number of carbonyl (C=O) groups is 4. The molecule has 8 heteroatoms. The largest absolute Gasteiger partial charge is 0.481 e. The van der Waals surface area contributed by atoms with Crippen LogP contribution in [0.4, 0.5) is 0 Å². The zero-order chi connectivity index (χ0) is 45.1. The van der Waals surface area contributed by atoms with Gasteiger partial charge in [-0.05, 0) is 228 Å². The first-order chi connectivity index (χ1) is 28.0. The fourth-order valence-electron chi connectivity index (χ4n) is 9.03. The van der Waals surface area contributed by atoms with Crippen molar-refractivity contribution in [2.24, 2.45) is 21.7 Å². The van der Waals surface area contributed by atoms with E-state index in [-0.39, 0.29) is 0 Å². The van der Waals surface area contributed by atoms with Crippen LogP contribution in [0.15, 0.2) is 12.1 Å². The molecule has 0 unspecified atom stereocenters. The Morgan fingerprint density at radius 1 is 0.467 bits per heavy atom. The molecular formula is C52H80O8. The van der Waals surface area contributed by atoms with Crippen LogP contribution in [0.5, 0.6) is 0 Å². The number of hydrogen-bond acceptors (Lipinski definition) is 4. The minimum Gasteiger partial charge on any atom is -0.481 e. The molecule has 0 heterocycles. The Morgan fingerprint density at radius 2 is 0.783 bits per heavy atom. The molecule has 0 aromatic heterocycles. The molecule has 60 heavy (non-hydrogen) atoms. The summed E-state index contributed by atoms with van der Waals surface area (Å²) in [4.78, 5) is 45.0. The van der Waals surface area contributed by atoms with E-state index in [2.05, 4.69) is 53.7 Å². The van der Waals surface area contributed by atoms with E-state index in [0.29, 0.717) is 0 Å². The number of unbranched alkanes of at least 4 members (excludes halogenated alkanes) is 6. The second-order valence-electron chi connectivity index (χ2n) is 20.2. The average Bonchev–Trinajstić information content (AvgIpc) is 4.11. The fraction of sp³-hybridized carbons (Fsp3) is 0.692. The van der Waals surface area contributed by atoms with Gasteiger partial charge in [0.2, 0.25) is 0 Å². The number of carboxylic acids is 4. The standard InChI is InChI=1S/2C26H40O4/c1-18-17-21(11-8-10-14-26(15-16-26)24(29)30)19(2)20(3)22(18)12-7-6-9-13-25(4,5)23(27)28;1-18-17-21(11-7-6-9-13-25(4,5)23(27)28)19(2)20(3)22(18)12-8-10-14-26(15-16-26)24(29)30/h2*17H,6-16H2,1-5H3,(H,27,28)(H,29,30). The van der Waals surface area contributed by atoms with Gasteiger partial charge >= 0.3 is 23.9 Å². The minimum atomic E-state index is -0.713. The molecule has 0 spiro atoms. The van der Waals surface area contributed by atoms with Crippen LogP contribution in [0.2, 0.25) is 0 Å². The van der Waals surface area contributed by atoms with E-state index in [9.17, 15) is 39.6 Å². The maximum absolute atomic E-state index is 11.3. The Bertz CT molecular complexity index is 1810. The van der Waals surface area contributed by atoms with Crippen molar-refractivity contribution in [3.05, 3.63) is 67.8 Å². The molecule has 0 saturated heterocycles. The van der Waals surface area contributed by atoms with E-state index in [1.807, 2.05) is 0 Å². The summed E-state index contributed by atoms with van der Waals surface area (Å²) in [5, 5.41) is 37.1. The Balaban J connectivity index is 0.000000320. The molecule has 2 saturated carbocycles. The van der Waals surface area contributed by atoms with Gasteiger partial charge in [-0.15, -0.1) is 0 Å². The first-order valence-corrected chi connectivity index (χ1v) is 23.1. The molecule has 0 radical (unpaired) electrons. The van der Waals surface area contributed by atoms with Crippen LogP contribution in [-0.2, 0) is 44.9 Å². The molecule has 0 amide bonds. The van der Waals surface area contributed by atoms with E-state index < -0.39 is 45.5 Å². The molecule has 4 N–H and O–H groups in total. The Morgan fingerprint density at radius 3 is 1.10 bits per heavy atom. The third kappa shape index (κ3) is 14.2. The highest BCUT2D eigenvalue weighted by atomic mass is 16.4. The predicted molar refractivity (Wildman–Crippen MR) is 242 cm³/mol. The highest BCUT2D eigenvalue weighted by Crippen LogP contribution is 2.51. The molecule has 0 aliphatic heterocycles. The molecule has 8 nitrogen and oxygen atoms in total. The van der Waals surface area contributed by atoms with Crippen LogP contribution in [0.1, 0.15) is 199 Å². The van der Waals surface area contributed by atoms with Crippen molar-refractivity contribution >= 4 is 23.9 Å². The monoisotopic (exact) mass is 833 g/mol. The first-order valence-electron chi connectivity index (χ1n) is 23.1. The molecule has 0 atom stereocenters. The summed E-state index contributed by atoms with van der Waals surface area (Å²) >= 11 is 0. The van der Waals surface area contributed by atoms with Gasteiger partial charge in [-0.3, -0.25) is 19.2 Å². The molecule has 2 aliphatic rings. The quantitative estimate of drug-likeness (QED) is 0.0685. The molecule has 336 valence electrons. The summed E-state index contributed by atoms with van der Waals surface area (Å²) in [7, 11) is 0. The van der Waals surface area contributed by atoms with Crippen LogP contribution < -0.4 is 0 Å². The number of aryl methyl sites for hydroxylation is 4. The van der Waals surface area contributed by atoms with Crippen LogP contribution in [0.3, 0.4) is 0 Å². The molecular weight excluding hydrogens is 753 g/mol. The smallest absolute Gasteiger partial charge is 0.309 e. The summed E-state index contributed by atoms with van der Waals surface area (Å²) in [6.45, 7) is 20.5. The van der Waals surface area contributed by atoms with E-state index in [0.717, 1.165) is 141 Å². The van der Waals surface area contributed by atoms with Gasteiger partial charge in [0.25, 0.3) is 0 Å². The zero-order valence-corrected chi connectivity index (χ0v) is 39.1. The van der Waals surface area contributed by atoms with E-state index >= 15 is 0 Å². The SMILES string of the molecule is Cc1cc(CCCCC2(C(=O)O)CC2)c(C)c(C)c1CCCCCC(C)(C)C(=O)O.Cc1cc(CCCCCC(C)(C)C(=O)O)c(C)c(C)c1CCCCC1(C(=O)O)CC1. The number of aliphatic carboxylic acids is 4. The number of carboxylic acid groups (broad SMARTS) is 4. The van der Waals surface area contributed by atoms with Crippen LogP contribution >= 0.6 is 0 Å². The molecule has 2 aromatic rings. The summed E-state index contributed by atoms with van der Waals surface area (Å²) in [6, 6.07) is 4.66. The lowest BCUT2D eigenvalue weighted by Gasteiger charge is -2.19. The van der Waals surface area contributed by atoms with Gasteiger partial charge in [0.05, 0.1) is 21.7 Å². The summed E-state index contributed by atoms with van der Waals surface area (Å²) in [6.07, 6.45) is 20.9. The Hall–Kier alpha value is -3.68. The molecule has 4 rings (SSSR count). The first kappa shape index (κ1) is 50.7. The van der Waals surface area contributed by atoms with Crippen LogP contribution in [-0.4, -0.2) is 44.3 Å². The van der Waals surface area contributed by atoms with Crippen molar-refractivity contribution in [2.75, 3.05) is 0 Å². The van der Waals surface area contributed by atoms with Gasteiger partial charge in [-0.2, -0.15) is 0 Å². The van der Waals surface area contributed by atoms with Gasteiger partial charge in [-0.25, -0.2) is 0 Å². The molecule has 2 aliphatic carbocycles. The van der Waals surface area contributed by atoms with E-state index in [1.54, 1.807) is 27.7 Å². The summed E-state index contributed by atoms with van der Waals surface area (Å²) < 4.78 is 0. The van der Waals surface area contributed by atoms with E-state index in [1.165, 1.54) is 55.6 Å². The molecule has 2 fully saturated rings. The minimum absolute atomic E-state index is 0.398. The summed E-state index contributed by atoms with van der Waals surface area (Å²) in [5.74, 6) is -2.64. The third-order valence-corrected chi connectivity index (χ3v) is 14.7. The van der Waals surface area contributed by atoms with Crippen LogP contribution in [0, 0.1) is 63.2 Å². The number of hydrogen-bond donors (Lipinski definition) is 4. The number of rotatable bonds is 26. The van der Waals surface area contributed by atoms with Crippen molar-refractivity contribution in [2.45, 2.75) is 210 Å². The van der Waals surface area contributed by atoms with Gasteiger partial charge in [0.15, 0.2) is 0 Å². The Kier molecular flexibility index (Phi) is 18.5. The normalized spacial score (nSPS) is 15.2. The maximum Gasteiger partial charge on any atom is 0.309 e. The van der Waals surface area contributed by atoms with Gasteiger partial charge in [0.1, 0.15) is 0 Å². The third-order valence-electron chi connectivity index (χ3n) is 14.7. The van der Waals surface area contributed by atoms with Crippen molar-refractivity contribution in [1.82, 2.24) is 0 Å². The summed E-state index contributed by atoms with van der Waals surface area (Å²) in [5.41, 5.74) is 11.9. The highest BCUT2D eigenvalue weighted by Gasteiger charge is 2.50. The molecule has 2 aromatic carbocycles. The van der Waals surface area contributed by atoms with Crippen molar-refractivity contribution in [1.29, 1.82) is 0 Å². The zero-order valence-electron chi connectivity index (χ0n) is 39.1. The van der Waals surface area contributed by atoms with Gasteiger partial charge in [-0.1, -0.05) is 50.7 Å². The number of benzene rings is 2. The topological polar surface area (TPSA) is 149 Å². The average molecular weight is 833 g/mol. The van der Waals surface area contributed by atoms with Crippen LogP contribution in [0.25, 0.3) is 0 Å². The second kappa shape index (κ2) is 21.9. The lowest BCUT2D eigenvalue weighted by molar-refractivity contribution is -0.148. The fourth-order valence-corrected chi connectivity index (χ4v) is 9.03. The van der Waals surface area contributed by atoms with Gasteiger partial charge in [0, 0.05) is 0 Å². The lowest BCUT2D eigenvalue weighted by Crippen LogP contribution is -2.23. The molecule has 0 bridgehead atoms. The van der Waals surface area contributed by atoms with E-state index in [4.69, 9.17) is 0 Å². The van der Waals surface area contributed by atoms with Crippen molar-refractivity contribution < 1.29 is 39.6 Å². The second-order valence-corrected chi connectivity index (χ2v) is 20.2. The predicted octanol–water partition coefficient (Wildman–Crippen LogP) is 12.8. The maximum atomic E-state index is 11.3. The lowest BCUT2D eigenvalue weighted by atomic mass is 9.86. The van der Waals surface area contributed by atoms with Crippen molar-refractivity contribution in [3.63, 3.8) is 0 Å². The highest BCUT2D eigenvalue weighted by molar-refractivity contribution is 5.78. The Labute approximate surface area is 362 Å². The van der Waals surface area contributed by atoms with Crippen molar-refractivity contribution in [3.8, 4) is 0 Å². The van der Waals surface area contributed by atoms with Gasteiger partial charge < -0.3 is 20.4 Å².